The minimum Gasteiger partial charge on any atom is -0.353 e. The Morgan fingerprint density at radius 1 is 1.24 bits per heavy atom. The van der Waals surface area contributed by atoms with Crippen molar-refractivity contribution in [3.63, 3.8) is 0 Å². The van der Waals surface area contributed by atoms with Gasteiger partial charge >= 0.3 is 0 Å². The maximum Gasteiger partial charge on any atom is 0.224 e. The number of para-hydroxylation sites is 1. The smallest absolute Gasteiger partial charge is 0.224 e. The Morgan fingerprint density at radius 3 is 2.90 bits per heavy atom. The van der Waals surface area contributed by atoms with Crippen LogP contribution in [0.4, 0.5) is 0 Å². The van der Waals surface area contributed by atoms with Gasteiger partial charge in [-0.25, -0.2) is 0 Å². The molecular weight excluding hydrogens is 260 g/mol. The number of nitrogens with one attached hydrogen (secondary N) is 1. The summed E-state index contributed by atoms with van der Waals surface area (Å²) in [5.74, 6) is 0.709. The van der Waals surface area contributed by atoms with Crippen LogP contribution < -0.4 is 5.32 Å². The van der Waals surface area contributed by atoms with E-state index in [1.165, 1.54) is 19.3 Å². The van der Waals surface area contributed by atoms with E-state index in [0.29, 0.717) is 18.4 Å². The van der Waals surface area contributed by atoms with Crippen LogP contribution in [0.25, 0.3) is 10.9 Å². The van der Waals surface area contributed by atoms with Gasteiger partial charge in [-0.1, -0.05) is 44.0 Å². The van der Waals surface area contributed by atoms with Gasteiger partial charge in [-0.15, -0.1) is 0 Å². The zero-order chi connectivity index (χ0) is 14.7. The highest BCUT2D eigenvalue weighted by atomic mass is 16.1. The van der Waals surface area contributed by atoms with E-state index >= 15 is 0 Å². The Kier molecular flexibility index (Phi) is 4.18. The average Bonchev–Trinajstić information content (AvgIpc) is 2.50. The van der Waals surface area contributed by atoms with Gasteiger partial charge in [0.25, 0.3) is 0 Å². The van der Waals surface area contributed by atoms with Crippen molar-refractivity contribution in [2.24, 2.45) is 5.92 Å². The molecule has 0 aliphatic heterocycles. The SMILES string of the molecule is CC1CCCCC1NC(=O)Cc1cccc2cccnc12. The molecule has 1 aromatic carbocycles. The van der Waals surface area contributed by atoms with Gasteiger partial charge in [0.2, 0.25) is 5.91 Å². The highest BCUT2D eigenvalue weighted by Crippen LogP contribution is 2.24. The fraction of sp³-hybridized carbons (Fsp3) is 0.444. The van der Waals surface area contributed by atoms with E-state index in [1.54, 1.807) is 6.20 Å². The van der Waals surface area contributed by atoms with Gasteiger partial charge in [0.1, 0.15) is 0 Å². The molecule has 2 aromatic rings. The summed E-state index contributed by atoms with van der Waals surface area (Å²) in [6.45, 7) is 2.24. The fourth-order valence-electron chi connectivity index (χ4n) is 3.27. The van der Waals surface area contributed by atoms with Gasteiger partial charge in [0.15, 0.2) is 0 Å². The van der Waals surface area contributed by atoms with Crippen molar-refractivity contribution in [1.82, 2.24) is 10.3 Å². The molecule has 1 heterocycles. The predicted molar refractivity (Wildman–Crippen MR) is 85.0 cm³/mol. The number of rotatable bonds is 3. The predicted octanol–water partition coefficient (Wildman–Crippen LogP) is 3.47. The van der Waals surface area contributed by atoms with Crippen LogP contribution in [0.5, 0.6) is 0 Å². The molecule has 1 N–H and O–H groups in total. The molecule has 21 heavy (non-hydrogen) atoms. The lowest BCUT2D eigenvalue weighted by Gasteiger charge is -2.29. The molecule has 0 radical (unpaired) electrons. The number of hydrogen-bond donors (Lipinski definition) is 1. The second-order valence-corrected chi connectivity index (χ2v) is 6.10. The van der Waals surface area contributed by atoms with E-state index in [9.17, 15) is 4.79 Å². The maximum absolute atomic E-state index is 12.3. The third kappa shape index (κ3) is 3.23. The minimum absolute atomic E-state index is 0.118. The second kappa shape index (κ2) is 6.25. The molecule has 1 aliphatic rings. The van der Waals surface area contributed by atoms with Crippen molar-refractivity contribution < 1.29 is 4.79 Å². The highest BCUT2D eigenvalue weighted by Gasteiger charge is 2.22. The van der Waals surface area contributed by atoms with Gasteiger partial charge in [0, 0.05) is 17.6 Å². The Labute approximate surface area is 125 Å². The number of carbonyl (C=O) groups is 1. The van der Waals surface area contributed by atoms with Crippen molar-refractivity contribution in [2.45, 2.75) is 45.1 Å². The van der Waals surface area contributed by atoms with Gasteiger partial charge < -0.3 is 5.32 Å². The van der Waals surface area contributed by atoms with Crippen LogP contribution in [-0.4, -0.2) is 16.9 Å². The van der Waals surface area contributed by atoms with Crippen LogP contribution in [-0.2, 0) is 11.2 Å². The molecule has 1 amide bonds. The molecule has 3 heteroatoms. The molecular formula is C18H22N2O. The standard InChI is InChI=1S/C18H22N2O/c1-13-6-2-3-10-16(13)20-17(21)12-15-8-4-7-14-9-5-11-19-18(14)15/h4-5,7-9,11,13,16H,2-3,6,10,12H2,1H3,(H,20,21). The Balaban J connectivity index is 1.71. The van der Waals surface area contributed by atoms with Gasteiger partial charge in [-0.3, -0.25) is 9.78 Å². The van der Waals surface area contributed by atoms with E-state index in [-0.39, 0.29) is 5.91 Å². The molecule has 2 atom stereocenters. The van der Waals surface area contributed by atoms with E-state index in [0.717, 1.165) is 22.9 Å². The molecule has 1 saturated carbocycles. The van der Waals surface area contributed by atoms with Crippen LogP contribution in [0.15, 0.2) is 36.5 Å². The monoisotopic (exact) mass is 282 g/mol. The summed E-state index contributed by atoms with van der Waals surface area (Å²) >= 11 is 0. The number of aromatic nitrogens is 1. The van der Waals surface area contributed by atoms with Crippen molar-refractivity contribution >= 4 is 16.8 Å². The van der Waals surface area contributed by atoms with E-state index < -0.39 is 0 Å². The number of nitrogens with zero attached hydrogens (tertiary/aromatic N) is 1. The van der Waals surface area contributed by atoms with Crippen LogP contribution >= 0.6 is 0 Å². The van der Waals surface area contributed by atoms with Gasteiger partial charge in [-0.2, -0.15) is 0 Å². The molecule has 3 rings (SSSR count). The van der Waals surface area contributed by atoms with Crippen LogP contribution in [0, 0.1) is 5.92 Å². The van der Waals surface area contributed by atoms with Crippen molar-refractivity contribution in [3.05, 3.63) is 42.1 Å². The van der Waals surface area contributed by atoms with E-state index in [1.807, 2.05) is 30.3 Å². The first-order valence-corrected chi connectivity index (χ1v) is 7.86. The summed E-state index contributed by atoms with van der Waals surface area (Å²) in [6, 6.07) is 10.3. The van der Waals surface area contributed by atoms with E-state index in [2.05, 4.69) is 17.2 Å². The van der Waals surface area contributed by atoms with Crippen LogP contribution in [0.1, 0.15) is 38.2 Å². The maximum atomic E-state index is 12.3. The summed E-state index contributed by atoms with van der Waals surface area (Å²) in [6.07, 6.45) is 7.05. The first-order chi connectivity index (χ1) is 10.2. The molecule has 0 spiro atoms. The number of carbonyl (C=O) groups excluding carboxylic acids is 1. The Hall–Kier alpha value is -1.90. The third-order valence-electron chi connectivity index (χ3n) is 4.53. The largest absolute Gasteiger partial charge is 0.353 e. The number of amides is 1. The summed E-state index contributed by atoms with van der Waals surface area (Å²) in [5, 5.41) is 4.31. The number of pyridine rings is 1. The fourth-order valence-corrected chi connectivity index (χ4v) is 3.27. The quantitative estimate of drug-likeness (QED) is 0.936. The molecule has 0 saturated heterocycles. The summed E-state index contributed by atoms with van der Waals surface area (Å²) in [7, 11) is 0. The average molecular weight is 282 g/mol. The molecule has 1 aliphatic carbocycles. The molecule has 110 valence electrons. The number of fused-ring (bicyclic) bond motifs is 1. The van der Waals surface area contributed by atoms with Gasteiger partial charge in [-0.05, 0) is 30.4 Å². The van der Waals surface area contributed by atoms with E-state index in [4.69, 9.17) is 0 Å². The first-order valence-electron chi connectivity index (χ1n) is 7.86. The summed E-state index contributed by atoms with van der Waals surface area (Å²) in [5.41, 5.74) is 1.95. The molecule has 1 aromatic heterocycles. The molecule has 3 nitrogen and oxygen atoms in total. The van der Waals surface area contributed by atoms with Crippen LogP contribution in [0.2, 0.25) is 0 Å². The summed E-state index contributed by atoms with van der Waals surface area (Å²) in [4.78, 5) is 16.7. The Bertz CT molecular complexity index is 633. The lowest BCUT2D eigenvalue weighted by Crippen LogP contribution is -2.41. The minimum atomic E-state index is 0.118. The normalized spacial score (nSPS) is 22.1. The van der Waals surface area contributed by atoms with Gasteiger partial charge in [0.05, 0.1) is 11.9 Å². The molecule has 0 bridgehead atoms. The van der Waals surface area contributed by atoms with Crippen molar-refractivity contribution in [1.29, 1.82) is 0 Å². The van der Waals surface area contributed by atoms with Crippen LogP contribution in [0.3, 0.4) is 0 Å². The third-order valence-corrected chi connectivity index (χ3v) is 4.53. The lowest BCUT2D eigenvalue weighted by molar-refractivity contribution is -0.121. The highest BCUT2D eigenvalue weighted by molar-refractivity contribution is 5.87. The lowest BCUT2D eigenvalue weighted by atomic mass is 9.86. The zero-order valence-electron chi connectivity index (χ0n) is 12.5. The summed E-state index contributed by atoms with van der Waals surface area (Å²) < 4.78 is 0. The zero-order valence-corrected chi connectivity index (χ0v) is 12.5. The second-order valence-electron chi connectivity index (χ2n) is 6.10. The molecule has 1 fully saturated rings. The molecule has 2 unspecified atom stereocenters. The number of benzene rings is 1. The van der Waals surface area contributed by atoms with Crippen molar-refractivity contribution in [3.8, 4) is 0 Å². The van der Waals surface area contributed by atoms with Crippen molar-refractivity contribution in [2.75, 3.05) is 0 Å². The topological polar surface area (TPSA) is 42.0 Å². The Morgan fingerprint density at radius 2 is 2.05 bits per heavy atom. The first kappa shape index (κ1) is 14.1. The number of hydrogen-bond acceptors (Lipinski definition) is 2.